The van der Waals surface area contributed by atoms with Crippen LogP contribution < -0.4 is 0 Å². The maximum Gasteiger partial charge on any atom is 0.303 e. The normalized spacial score (nSPS) is 32.3. The molecule has 0 amide bonds. The van der Waals surface area contributed by atoms with Crippen molar-refractivity contribution in [2.45, 2.75) is 83.8 Å². The molecular weight excluding hydrogens is 476 g/mol. The van der Waals surface area contributed by atoms with Crippen molar-refractivity contribution in [1.82, 2.24) is 0 Å². The van der Waals surface area contributed by atoms with Crippen LogP contribution in [0.2, 0.25) is 0 Å². The fraction of sp³-hybridized carbons (Fsp3) is 0.762. The number of rotatable bonds is 9. The van der Waals surface area contributed by atoms with Crippen molar-refractivity contribution in [3.8, 4) is 0 Å². The molecule has 2 aliphatic rings. The predicted octanol–water partition coefficient (Wildman–Crippen LogP) is -0.611. The largest absolute Gasteiger partial charge is 0.463 e. The second-order valence-electron chi connectivity index (χ2n) is 7.75. The van der Waals surface area contributed by atoms with E-state index in [-0.39, 0.29) is 13.2 Å². The fourth-order valence-electron chi connectivity index (χ4n) is 3.67. The average Bonchev–Trinajstić information content (AvgIpc) is 3.03. The Hall–Kier alpha value is -2.81. The summed E-state index contributed by atoms with van der Waals surface area (Å²) in [7, 11) is 1.31. The van der Waals surface area contributed by atoms with Gasteiger partial charge in [-0.25, -0.2) is 0 Å². The van der Waals surface area contributed by atoms with Crippen molar-refractivity contribution < 1.29 is 66.6 Å². The van der Waals surface area contributed by atoms with Crippen molar-refractivity contribution in [2.24, 2.45) is 0 Å². The smallest absolute Gasteiger partial charge is 0.303 e. The molecule has 0 aromatic heterocycles. The zero-order valence-electron chi connectivity index (χ0n) is 20.2. The summed E-state index contributed by atoms with van der Waals surface area (Å²) in [5, 5.41) is 0. The molecule has 0 saturated carbocycles. The lowest BCUT2D eigenvalue weighted by Gasteiger charge is -2.41. The van der Waals surface area contributed by atoms with Crippen LogP contribution in [-0.2, 0) is 66.6 Å². The fourth-order valence-corrected chi connectivity index (χ4v) is 3.67. The van der Waals surface area contributed by atoms with E-state index in [9.17, 15) is 24.0 Å². The summed E-state index contributed by atoms with van der Waals surface area (Å²) in [4.78, 5) is 58.2. The van der Waals surface area contributed by atoms with E-state index in [1.807, 2.05) is 0 Å². The Labute approximate surface area is 201 Å². The highest BCUT2D eigenvalue weighted by Gasteiger charge is 2.54. The maximum absolute atomic E-state index is 11.8. The van der Waals surface area contributed by atoms with Crippen molar-refractivity contribution in [3.05, 3.63) is 0 Å². The Morgan fingerprint density at radius 1 is 0.686 bits per heavy atom. The Morgan fingerprint density at radius 2 is 1.17 bits per heavy atom. The standard InChI is InChI=1S/C21H30O14/c1-9(22)28-7-14-17(31-11(3)24)19(33-13(5)26)21(34-14)35-15-8-29-20(27-6)18(32-12(4)25)16(15)30-10(2)23/h14-21H,7-8H2,1-6H3/t14-,15+,16-,17+,18+,19+,20-,21+/m1/s1. The van der Waals surface area contributed by atoms with Crippen LogP contribution in [0, 0.1) is 0 Å². The molecule has 14 nitrogen and oxygen atoms in total. The van der Waals surface area contributed by atoms with Crippen molar-refractivity contribution in [1.29, 1.82) is 0 Å². The van der Waals surface area contributed by atoms with E-state index in [2.05, 4.69) is 0 Å². The highest BCUT2D eigenvalue weighted by molar-refractivity contribution is 5.68. The molecule has 2 aliphatic heterocycles. The number of hydrogen-bond donors (Lipinski definition) is 0. The third-order valence-corrected chi connectivity index (χ3v) is 4.85. The van der Waals surface area contributed by atoms with Gasteiger partial charge in [-0.05, 0) is 0 Å². The Balaban J connectivity index is 2.34. The molecule has 2 heterocycles. The molecule has 2 rings (SSSR count). The lowest BCUT2D eigenvalue weighted by Crippen LogP contribution is -2.58. The van der Waals surface area contributed by atoms with Gasteiger partial charge in [-0.3, -0.25) is 24.0 Å². The molecule has 35 heavy (non-hydrogen) atoms. The summed E-state index contributed by atoms with van der Waals surface area (Å²) >= 11 is 0. The van der Waals surface area contributed by atoms with Crippen LogP contribution in [0.1, 0.15) is 34.6 Å². The first-order valence-electron chi connectivity index (χ1n) is 10.7. The van der Waals surface area contributed by atoms with Crippen LogP contribution >= 0.6 is 0 Å². The zero-order valence-corrected chi connectivity index (χ0v) is 20.2. The highest BCUT2D eigenvalue weighted by Crippen LogP contribution is 2.32. The molecule has 0 unspecified atom stereocenters. The first-order chi connectivity index (χ1) is 16.4. The molecule has 0 aliphatic carbocycles. The van der Waals surface area contributed by atoms with E-state index in [4.69, 9.17) is 42.6 Å². The van der Waals surface area contributed by atoms with Crippen LogP contribution in [0.5, 0.6) is 0 Å². The molecule has 2 saturated heterocycles. The number of ether oxygens (including phenoxy) is 9. The molecule has 14 heteroatoms. The van der Waals surface area contributed by atoms with Crippen LogP contribution in [0.15, 0.2) is 0 Å². The molecule has 0 spiro atoms. The van der Waals surface area contributed by atoms with Gasteiger partial charge in [0, 0.05) is 41.7 Å². The number of carbonyl (C=O) groups excluding carboxylic acids is 5. The predicted molar refractivity (Wildman–Crippen MR) is 109 cm³/mol. The van der Waals surface area contributed by atoms with Gasteiger partial charge in [-0.2, -0.15) is 0 Å². The molecule has 8 atom stereocenters. The minimum atomic E-state index is -1.37. The van der Waals surface area contributed by atoms with Crippen LogP contribution in [-0.4, -0.2) is 99.4 Å². The number of hydrogen-bond acceptors (Lipinski definition) is 14. The minimum Gasteiger partial charge on any atom is -0.463 e. The molecule has 0 aromatic carbocycles. The molecule has 198 valence electrons. The monoisotopic (exact) mass is 506 g/mol. The number of carbonyl (C=O) groups is 5. The quantitative estimate of drug-likeness (QED) is 0.287. The SMILES string of the molecule is CO[C@@H]1OC[C@H](O[C@@H]2O[C@H](COC(C)=O)[C@H](OC(C)=O)[C@@H]2OC(C)=O)[C@@H](OC(C)=O)[C@@H]1OC(C)=O. The van der Waals surface area contributed by atoms with Gasteiger partial charge in [0.25, 0.3) is 0 Å². The zero-order chi connectivity index (χ0) is 26.3. The first-order valence-corrected chi connectivity index (χ1v) is 10.7. The van der Waals surface area contributed by atoms with E-state index >= 15 is 0 Å². The third kappa shape index (κ3) is 8.13. The lowest BCUT2D eigenvalue weighted by atomic mass is 10.0. The number of esters is 5. The van der Waals surface area contributed by atoms with Crippen LogP contribution in [0.25, 0.3) is 0 Å². The van der Waals surface area contributed by atoms with Crippen LogP contribution in [0.4, 0.5) is 0 Å². The summed E-state index contributed by atoms with van der Waals surface area (Å²) in [6.07, 6.45) is -9.44. The van der Waals surface area contributed by atoms with Gasteiger partial charge in [0.05, 0.1) is 6.61 Å². The van der Waals surface area contributed by atoms with Crippen LogP contribution in [0.3, 0.4) is 0 Å². The van der Waals surface area contributed by atoms with Crippen molar-refractivity contribution >= 4 is 29.8 Å². The average molecular weight is 506 g/mol. The van der Waals surface area contributed by atoms with E-state index in [1.54, 1.807) is 0 Å². The van der Waals surface area contributed by atoms with E-state index < -0.39 is 79.1 Å². The summed E-state index contributed by atoms with van der Waals surface area (Å²) in [5.41, 5.74) is 0. The topological polar surface area (TPSA) is 168 Å². The molecule has 0 aromatic rings. The summed E-state index contributed by atoms with van der Waals surface area (Å²) in [5.74, 6) is -3.45. The van der Waals surface area contributed by atoms with Crippen molar-refractivity contribution in [2.75, 3.05) is 20.3 Å². The Bertz CT molecular complexity index is 797. The van der Waals surface area contributed by atoms with Gasteiger partial charge in [0.15, 0.2) is 37.0 Å². The van der Waals surface area contributed by atoms with Gasteiger partial charge >= 0.3 is 29.8 Å². The summed E-state index contributed by atoms with van der Waals surface area (Å²) in [6.45, 7) is 5.22. The Morgan fingerprint density at radius 3 is 1.66 bits per heavy atom. The second-order valence-corrected chi connectivity index (χ2v) is 7.75. The Kier molecular flexibility index (Phi) is 10.4. The van der Waals surface area contributed by atoms with Gasteiger partial charge < -0.3 is 42.6 Å². The summed E-state index contributed by atoms with van der Waals surface area (Å²) < 4.78 is 48.6. The van der Waals surface area contributed by atoms with E-state index in [0.29, 0.717) is 0 Å². The second kappa shape index (κ2) is 12.8. The van der Waals surface area contributed by atoms with Gasteiger partial charge in [0.1, 0.15) is 18.8 Å². The van der Waals surface area contributed by atoms with Gasteiger partial charge in [0.2, 0.25) is 0 Å². The maximum atomic E-state index is 11.8. The minimum absolute atomic E-state index is 0.201. The third-order valence-electron chi connectivity index (χ3n) is 4.85. The highest BCUT2D eigenvalue weighted by atomic mass is 16.8. The van der Waals surface area contributed by atoms with E-state index in [0.717, 1.165) is 27.7 Å². The molecular formula is C21H30O14. The van der Waals surface area contributed by atoms with E-state index in [1.165, 1.54) is 14.0 Å². The number of methoxy groups -OCH3 is 1. The van der Waals surface area contributed by atoms with Gasteiger partial charge in [-0.1, -0.05) is 0 Å². The lowest BCUT2D eigenvalue weighted by molar-refractivity contribution is -0.303. The molecule has 0 N–H and O–H groups in total. The first kappa shape index (κ1) is 28.4. The molecule has 2 fully saturated rings. The summed E-state index contributed by atoms with van der Waals surface area (Å²) in [6, 6.07) is 0. The molecule has 0 radical (unpaired) electrons. The van der Waals surface area contributed by atoms with Gasteiger partial charge in [-0.15, -0.1) is 0 Å². The van der Waals surface area contributed by atoms with Crippen molar-refractivity contribution in [3.63, 3.8) is 0 Å². The molecule has 0 bridgehead atoms.